The van der Waals surface area contributed by atoms with Gasteiger partial charge in [-0.25, -0.2) is 0 Å². The summed E-state index contributed by atoms with van der Waals surface area (Å²) in [5.41, 5.74) is 0. The Labute approximate surface area is 82.9 Å². The third-order valence-corrected chi connectivity index (χ3v) is 2.11. The molecule has 3 heteroatoms. The van der Waals surface area contributed by atoms with Gasteiger partial charge in [0, 0.05) is 0 Å². The summed E-state index contributed by atoms with van der Waals surface area (Å²) < 4.78 is 0. The molecule has 0 aliphatic rings. The van der Waals surface area contributed by atoms with Gasteiger partial charge in [-0.05, 0) is 59.7 Å². The summed E-state index contributed by atoms with van der Waals surface area (Å²) in [6.07, 6.45) is 2.50. The molecule has 0 amide bonds. The average molecular weight is 187 g/mol. The van der Waals surface area contributed by atoms with E-state index in [4.69, 9.17) is 0 Å². The Balaban J connectivity index is 3.05. The number of nitrogens with one attached hydrogen (secondary N) is 2. The van der Waals surface area contributed by atoms with E-state index in [2.05, 4.69) is 29.5 Å². The molecule has 0 aromatic rings. The molecule has 0 unspecified atom stereocenters. The lowest BCUT2D eigenvalue weighted by Gasteiger charge is -2.16. The summed E-state index contributed by atoms with van der Waals surface area (Å²) in [6, 6.07) is 0. The van der Waals surface area contributed by atoms with Gasteiger partial charge in [-0.15, -0.1) is 0 Å². The lowest BCUT2D eigenvalue weighted by atomic mass is 10.3. The van der Waals surface area contributed by atoms with Crippen LogP contribution in [0.2, 0.25) is 0 Å². The van der Waals surface area contributed by atoms with Crippen LogP contribution >= 0.6 is 0 Å². The van der Waals surface area contributed by atoms with Gasteiger partial charge in [-0.1, -0.05) is 6.92 Å². The van der Waals surface area contributed by atoms with Crippen LogP contribution in [0.5, 0.6) is 0 Å². The first-order valence-electron chi connectivity index (χ1n) is 5.35. The average Bonchev–Trinajstić information content (AvgIpc) is 2.13. The standard InChI is InChI=1S/C10H25N3/c1-4-12-8-6-10-13(3)9-5-7-11-2/h11-12H,4-10H2,1-3H3. The van der Waals surface area contributed by atoms with Crippen molar-refractivity contribution in [2.75, 3.05) is 46.8 Å². The minimum atomic E-state index is 1.09. The Morgan fingerprint density at radius 2 is 1.69 bits per heavy atom. The summed E-state index contributed by atoms with van der Waals surface area (Å²) in [6.45, 7) is 7.91. The van der Waals surface area contributed by atoms with E-state index in [1.807, 2.05) is 7.05 Å². The van der Waals surface area contributed by atoms with Gasteiger partial charge in [0.1, 0.15) is 0 Å². The SMILES string of the molecule is CCNCCCN(C)CCCNC. The van der Waals surface area contributed by atoms with Gasteiger partial charge in [0.15, 0.2) is 0 Å². The number of hydrogen-bond donors (Lipinski definition) is 2. The molecule has 3 nitrogen and oxygen atoms in total. The van der Waals surface area contributed by atoms with Crippen molar-refractivity contribution in [2.45, 2.75) is 19.8 Å². The van der Waals surface area contributed by atoms with E-state index < -0.39 is 0 Å². The zero-order valence-electron chi connectivity index (χ0n) is 9.40. The Hall–Kier alpha value is -0.120. The number of hydrogen-bond acceptors (Lipinski definition) is 3. The summed E-state index contributed by atoms with van der Waals surface area (Å²) in [7, 11) is 4.20. The second-order valence-electron chi connectivity index (χ2n) is 3.47. The van der Waals surface area contributed by atoms with Crippen molar-refractivity contribution in [3.63, 3.8) is 0 Å². The highest BCUT2D eigenvalue weighted by molar-refractivity contribution is 4.54. The topological polar surface area (TPSA) is 27.3 Å². The summed E-state index contributed by atoms with van der Waals surface area (Å²) >= 11 is 0. The van der Waals surface area contributed by atoms with Crippen molar-refractivity contribution < 1.29 is 0 Å². The van der Waals surface area contributed by atoms with E-state index in [1.165, 1.54) is 25.9 Å². The van der Waals surface area contributed by atoms with E-state index >= 15 is 0 Å². The fourth-order valence-corrected chi connectivity index (χ4v) is 1.29. The van der Waals surface area contributed by atoms with Crippen molar-refractivity contribution >= 4 is 0 Å². The van der Waals surface area contributed by atoms with Crippen LogP contribution in [0.25, 0.3) is 0 Å². The van der Waals surface area contributed by atoms with Gasteiger partial charge in [0.2, 0.25) is 0 Å². The van der Waals surface area contributed by atoms with Crippen molar-refractivity contribution in [3.05, 3.63) is 0 Å². The number of rotatable bonds is 9. The maximum atomic E-state index is 3.33. The first-order valence-corrected chi connectivity index (χ1v) is 5.35. The third kappa shape index (κ3) is 9.80. The predicted octanol–water partition coefficient (Wildman–Crippen LogP) is 0.527. The smallest absolute Gasteiger partial charge is 0.000968 e. The van der Waals surface area contributed by atoms with Crippen LogP contribution in [0, 0.1) is 0 Å². The van der Waals surface area contributed by atoms with Crippen LogP contribution in [0.15, 0.2) is 0 Å². The molecule has 0 saturated carbocycles. The molecule has 0 radical (unpaired) electrons. The number of nitrogens with zero attached hydrogens (tertiary/aromatic N) is 1. The minimum absolute atomic E-state index is 1.09. The molecule has 0 aliphatic heterocycles. The zero-order chi connectivity index (χ0) is 9.94. The van der Waals surface area contributed by atoms with E-state index in [0.717, 1.165) is 19.6 Å². The van der Waals surface area contributed by atoms with Crippen LogP contribution in [0.4, 0.5) is 0 Å². The van der Waals surface area contributed by atoms with Crippen LogP contribution in [0.3, 0.4) is 0 Å². The van der Waals surface area contributed by atoms with Crippen LogP contribution < -0.4 is 10.6 Å². The lowest BCUT2D eigenvalue weighted by Crippen LogP contribution is -2.26. The highest BCUT2D eigenvalue weighted by Crippen LogP contribution is 1.88. The molecule has 0 aromatic heterocycles. The van der Waals surface area contributed by atoms with Gasteiger partial charge in [-0.2, -0.15) is 0 Å². The van der Waals surface area contributed by atoms with Gasteiger partial charge < -0.3 is 15.5 Å². The van der Waals surface area contributed by atoms with Crippen molar-refractivity contribution in [2.24, 2.45) is 0 Å². The zero-order valence-corrected chi connectivity index (χ0v) is 9.40. The van der Waals surface area contributed by atoms with Crippen molar-refractivity contribution in [3.8, 4) is 0 Å². The molecule has 13 heavy (non-hydrogen) atoms. The Morgan fingerprint density at radius 3 is 2.23 bits per heavy atom. The molecule has 0 atom stereocenters. The Kier molecular flexibility index (Phi) is 9.87. The van der Waals surface area contributed by atoms with Gasteiger partial charge in [0.05, 0.1) is 0 Å². The molecule has 0 heterocycles. The largest absolute Gasteiger partial charge is 0.320 e. The summed E-state index contributed by atoms with van der Waals surface area (Å²) in [4.78, 5) is 2.40. The normalized spacial score (nSPS) is 11.1. The third-order valence-electron chi connectivity index (χ3n) is 2.11. The van der Waals surface area contributed by atoms with Crippen molar-refractivity contribution in [1.82, 2.24) is 15.5 Å². The first kappa shape index (κ1) is 12.9. The van der Waals surface area contributed by atoms with E-state index in [0.29, 0.717) is 0 Å². The van der Waals surface area contributed by atoms with Crippen LogP contribution in [-0.2, 0) is 0 Å². The molecule has 0 aromatic carbocycles. The quantitative estimate of drug-likeness (QED) is 0.516. The minimum Gasteiger partial charge on any atom is -0.320 e. The summed E-state index contributed by atoms with van der Waals surface area (Å²) in [5, 5.41) is 6.49. The fourth-order valence-electron chi connectivity index (χ4n) is 1.29. The molecular weight excluding hydrogens is 162 g/mol. The van der Waals surface area contributed by atoms with Crippen LogP contribution in [0.1, 0.15) is 19.8 Å². The molecule has 0 rings (SSSR count). The molecule has 80 valence electrons. The predicted molar refractivity (Wildman–Crippen MR) is 59.2 cm³/mol. The molecular formula is C10H25N3. The van der Waals surface area contributed by atoms with Gasteiger partial charge in [-0.3, -0.25) is 0 Å². The van der Waals surface area contributed by atoms with Crippen LogP contribution in [-0.4, -0.2) is 51.7 Å². The van der Waals surface area contributed by atoms with E-state index in [-0.39, 0.29) is 0 Å². The molecule has 0 fully saturated rings. The highest BCUT2D eigenvalue weighted by atomic mass is 15.1. The van der Waals surface area contributed by atoms with Gasteiger partial charge >= 0.3 is 0 Å². The second-order valence-corrected chi connectivity index (χ2v) is 3.47. The van der Waals surface area contributed by atoms with E-state index in [9.17, 15) is 0 Å². The second kappa shape index (κ2) is 9.96. The maximum absolute atomic E-state index is 3.33. The lowest BCUT2D eigenvalue weighted by molar-refractivity contribution is 0.322. The molecule has 0 saturated heterocycles. The molecule has 0 spiro atoms. The first-order chi connectivity index (χ1) is 6.31. The Bertz CT molecular complexity index is 96.2. The molecule has 0 bridgehead atoms. The van der Waals surface area contributed by atoms with Crippen molar-refractivity contribution in [1.29, 1.82) is 0 Å². The summed E-state index contributed by atoms with van der Waals surface area (Å²) in [5.74, 6) is 0. The molecule has 0 aliphatic carbocycles. The van der Waals surface area contributed by atoms with E-state index in [1.54, 1.807) is 0 Å². The monoisotopic (exact) mass is 187 g/mol. The molecule has 2 N–H and O–H groups in total. The Morgan fingerprint density at radius 1 is 1.08 bits per heavy atom. The fraction of sp³-hybridized carbons (Fsp3) is 1.00. The highest BCUT2D eigenvalue weighted by Gasteiger charge is 1.96. The van der Waals surface area contributed by atoms with Gasteiger partial charge in [0.25, 0.3) is 0 Å². The maximum Gasteiger partial charge on any atom is -0.000968 e.